The highest BCUT2D eigenvalue weighted by Crippen LogP contribution is 2.13. The second-order valence-corrected chi connectivity index (χ2v) is 5.85. The van der Waals surface area contributed by atoms with Gasteiger partial charge in [-0.3, -0.25) is 4.90 Å². The van der Waals surface area contributed by atoms with Gasteiger partial charge in [0, 0.05) is 13.0 Å². The van der Waals surface area contributed by atoms with Crippen molar-refractivity contribution in [2.75, 3.05) is 6.54 Å². The minimum absolute atomic E-state index is 0.0991. The number of rotatable bonds is 9. The molecule has 1 atom stereocenters. The van der Waals surface area contributed by atoms with Crippen LogP contribution in [0.2, 0.25) is 0 Å². The molecule has 0 radical (unpaired) electrons. The average molecular weight is 353 g/mol. The van der Waals surface area contributed by atoms with Crippen molar-refractivity contribution in [3.8, 4) is 0 Å². The Bertz CT molecular complexity index is 715. The lowest BCUT2D eigenvalue weighted by molar-refractivity contribution is -0.142. The number of nitrogens with zero attached hydrogens (tertiary/aromatic N) is 1. The lowest BCUT2D eigenvalue weighted by Crippen LogP contribution is -2.47. The van der Waals surface area contributed by atoms with Crippen molar-refractivity contribution >= 4 is 12.1 Å². The van der Waals surface area contributed by atoms with Crippen LogP contribution in [0.3, 0.4) is 0 Å². The number of amides is 1. The Morgan fingerprint density at radius 3 is 2.15 bits per heavy atom. The quantitative estimate of drug-likeness (QED) is 0.695. The summed E-state index contributed by atoms with van der Waals surface area (Å²) in [7, 11) is 0. The van der Waals surface area contributed by atoms with E-state index in [0.717, 1.165) is 11.1 Å². The van der Waals surface area contributed by atoms with Crippen molar-refractivity contribution in [3.63, 3.8) is 0 Å². The van der Waals surface area contributed by atoms with Gasteiger partial charge >= 0.3 is 12.1 Å². The van der Waals surface area contributed by atoms with Gasteiger partial charge in [-0.2, -0.15) is 0 Å². The SMILES string of the molecule is C=CCCN(C(=O)OCc1ccccc1)[C@@H](Cc1ccccc1)C(=O)O. The highest BCUT2D eigenvalue weighted by Gasteiger charge is 2.30. The third-order valence-corrected chi connectivity index (χ3v) is 3.95. The number of carboxylic acid groups (broad SMARTS) is 1. The molecule has 0 aliphatic carbocycles. The minimum Gasteiger partial charge on any atom is -0.480 e. The summed E-state index contributed by atoms with van der Waals surface area (Å²) >= 11 is 0. The molecule has 0 fully saturated rings. The Morgan fingerprint density at radius 1 is 1.04 bits per heavy atom. The number of ether oxygens (including phenoxy) is 1. The van der Waals surface area contributed by atoms with Gasteiger partial charge in [-0.25, -0.2) is 9.59 Å². The second kappa shape index (κ2) is 10.0. The van der Waals surface area contributed by atoms with E-state index in [1.54, 1.807) is 6.08 Å². The molecule has 2 aromatic carbocycles. The molecule has 0 aliphatic heterocycles. The fourth-order valence-electron chi connectivity index (χ4n) is 2.58. The highest BCUT2D eigenvalue weighted by molar-refractivity contribution is 5.80. The Balaban J connectivity index is 2.12. The first-order valence-corrected chi connectivity index (χ1v) is 8.46. The molecule has 0 saturated heterocycles. The van der Waals surface area contributed by atoms with E-state index in [2.05, 4.69) is 6.58 Å². The molecule has 1 amide bonds. The number of carbonyl (C=O) groups is 2. The topological polar surface area (TPSA) is 66.8 Å². The van der Waals surface area contributed by atoms with Crippen molar-refractivity contribution < 1.29 is 19.4 Å². The molecule has 1 N–H and O–H groups in total. The summed E-state index contributed by atoms with van der Waals surface area (Å²) < 4.78 is 5.35. The predicted octanol–water partition coefficient (Wildman–Crippen LogP) is 3.90. The first kappa shape index (κ1) is 19.2. The van der Waals surface area contributed by atoms with E-state index in [-0.39, 0.29) is 19.6 Å². The van der Waals surface area contributed by atoms with Crippen molar-refractivity contribution in [3.05, 3.63) is 84.4 Å². The molecule has 0 saturated carbocycles. The summed E-state index contributed by atoms with van der Waals surface area (Å²) in [5, 5.41) is 9.66. The van der Waals surface area contributed by atoms with Gasteiger partial charge in [-0.05, 0) is 17.5 Å². The van der Waals surface area contributed by atoms with Crippen LogP contribution in [0.4, 0.5) is 4.79 Å². The maximum Gasteiger partial charge on any atom is 0.410 e. The number of aliphatic carboxylic acids is 1. The van der Waals surface area contributed by atoms with Crippen LogP contribution in [0.25, 0.3) is 0 Å². The van der Waals surface area contributed by atoms with Gasteiger partial charge in [0.2, 0.25) is 0 Å². The van der Waals surface area contributed by atoms with Crippen LogP contribution in [-0.4, -0.2) is 34.7 Å². The van der Waals surface area contributed by atoms with Crippen LogP contribution in [0.5, 0.6) is 0 Å². The molecule has 26 heavy (non-hydrogen) atoms. The zero-order valence-corrected chi connectivity index (χ0v) is 14.6. The van der Waals surface area contributed by atoms with Gasteiger partial charge in [0.25, 0.3) is 0 Å². The van der Waals surface area contributed by atoms with Crippen molar-refractivity contribution in [2.24, 2.45) is 0 Å². The van der Waals surface area contributed by atoms with Crippen LogP contribution in [0.15, 0.2) is 73.3 Å². The molecule has 2 aromatic rings. The third-order valence-electron chi connectivity index (χ3n) is 3.95. The van der Waals surface area contributed by atoms with Crippen LogP contribution in [0, 0.1) is 0 Å². The predicted molar refractivity (Wildman–Crippen MR) is 99.7 cm³/mol. The van der Waals surface area contributed by atoms with Gasteiger partial charge < -0.3 is 9.84 Å². The number of hydrogen-bond donors (Lipinski definition) is 1. The molecular weight excluding hydrogens is 330 g/mol. The van der Waals surface area contributed by atoms with E-state index in [1.807, 2.05) is 60.7 Å². The van der Waals surface area contributed by atoms with E-state index in [9.17, 15) is 14.7 Å². The number of hydrogen-bond acceptors (Lipinski definition) is 3. The molecule has 0 heterocycles. The van der Waals surface area contributed by atoms with Crippen LogP contribution < -0.4 is 0 Å². The smallest absolute Gasteiger partial charge is 0.410 e. The molecule has 0 aromatic heterocycles. The Kier molecular flexibility index (Phi) is 7.43. The fourth-order valence-corrected chi connectivity index (χ4v) is 2.58. The molecule has 136 valence electrons. The Hall–Kier alpha value is -3.08. The summed E-state index contributed by atoms with van der Waals surface area (Å²) in [5.41, 5.74) is 1.69. The largest absolute Gasteiger partial charge is 0.480 e. The van der Waals surface area contributed by atoms with Gasteiger partial charge in [0.05, 0.1) is 0 Å². The minimum atomic E-state index is -1.06. The highest BCUT2D eigenvalue weighted by atomic mass is 16.6. The maximum absolute atomic E-state index is 12.6. The maximum atomic E-state index is 12.6. The van der Waals surface area contributed by atoms with E-state index in [4.69, 9.17) is 4.74 Å². The van der Waals surface area contributed by atoms with Crippen LogP contribution >= 0.6 is 0 Å². The van der Waals surface area contributed by atoms with Crippen LogP contribution in [0.1, 0.15) is 17.5 Å². The molecular formula is C21H23NO4. The molecule has 0 spiro atoms. The molecule has 2 rings (SSSR count). The standard InChI is InChI=1S/C21H23NO4/c1-2-3-14-22(21(25)26-16-18-12-8-5-9-13-18)19(20(23)24)15-17-10-6-4-7-11-17/h2,4-13,19H,1,3,14-16H2,(H,23,24)/t19-/m0/s1. The normalized spacial score (nSPS) is 11.4. The second-order valence-electron chi connectivity index (χ2n) is 5.85. The van der Waals surface area contributed by atoms with E-state index in [0.29, 0.717) is 6.42 Å². The zero-order chi connectivity index (χ0) is 18.8. The monoisotopic (exact) mass is 353 g/mol. The summed E-state index contributed by atoms with van der Waals surface area (Å²) in [6, 6.07) is 17.5. The van der Waals surface area contributed by atoms with Gasteiger partial charge in [-0.1, -0.05) is 66.7 Å². The van der Waals surface area contributed by atoms with E-state index >= 15 is 0 Å². The molecule has 5 heteroatoms. The molecule has 5 nitrogen and oxygen atoms in total. The first-order chi connectivity index (χ1) is 12.6. The van der Waals surface area contributed by atoms with Gasteiger partial charge in [-0.15, -0.1) is 6.58 Å². The average Bonchev–Trinajstić information content (AvgIpc) is 2.67. The summed E-state index contributed by atoms with van der Waals surface area (Å²) in [6.45, 7) is 3.98. The van der Waals surface area contributed by atoms with Gasteiger partial charge in [0.15, 0.2) is 0 Å². The molecule has 0 aliphatic rings. The molecule has 0 bridgehead atoms. The number of carboxylic acids is 1. The van der Waals surface area contributed by atoms with Crippen molar-refractivity contribution in [1.29, 1.82) is 0 Å². The van der Waals surface area contributed by atoms with Crippen LogP contribution in [-0.2, 0) is 22.6 Å². The Labute approximate surface area is 153 Å². The summed E-state index contributed by atoms with van der Waals surface area (Å²) in [5.74, 6) is -1.06. The lowest BCUT2D eigenvalue weighted by Gasteiger charge is -2.28. The Morgan fingerprint density at radius 2 is 1.62 bits per heavy atom. The molecule has 0 unspecified atom stereocenters. The number of carbonyl (C=O) groups excluding carboxylic acids is 1. The first-order valence-electron chi connectivity index (χ1n) is 8.46. The van der Waals surface area contributed by atoms with E-state index in [1.165, 1.54) is 4.90 Å². The lowest BCUT2D eigenvalue weighted by atomic mass is 10.0. The number of benzene rings is 2. The van der Waals surface area contributed by atoms with E-state index < -0.39 is 18.1 Å². The van der Waals surface area contributed by atoms with Crippen molar-refractivity contribution in [2.45, 2.75) is 25.5 Å². The third kappa shape index (κ3) is 5.77. The van der Waals surface area contributed by atoms with Gasteiger partial charge in [0.1, 0.15) is 12.6 Å². The summed E-state index contributed by atoms with van der Waals surface area (Å²) in [6.07, 6.45) is 1.71. The van der Waals surface area contributed by atoms with Crippen molar-refractivity contribution in [1.82, 2.24) is 4.90 Å². The summed E-state index contributed by atoms with van der Waals surface area (Å²) in [4.78, 5) is 25.6. The zero-order valence-electron chi connectivity index (χ0n) is 14.6. The fraction of sp³-hybridized carbons (Fsp3) is 0.238.